The first-order valence-electron chi connectivity index (χ1n) is 9.04. The Kier molecular flexibility index (Phi) is 6.48. The van der Waals surface area contributed by atoms with Gasteiger partial charge in [-0.05, 0) is 24.1 Å². The molecule has 2 aliphatic rings. The second-order valence-corrected chi connectivity index (χ2v) is 6.77. The van der Waals surface area contributed by atoms with Gasteiger partial charge >= 0.3 is 0 Å². The van der Waals surface area contributed by atoms with Crippen molar-refractivity contribution in [2.24, 2.45) is 0 Å². The van der Waals surface area contributed by atoms with E-state index in [1.54, 1.807) is 12.0 Å². The third-order valence-electron chi connectivity index (χ3n) is 4.79. The van der Waals surface area contributed by atoms with Crippen LogP contribution in [0.5, 0.6) is 5.75 Å². The third kappa shape index (κ3) is 4.73. The van der Waals surface area contributed by atoms with Gasteiger partial charge in [-0.25, -0.2) is 0 Å². The molecule has 2 heterocycles. The number of methoxy groups -OCH3 is 2. The molecule has 0 bridgehead atoms. The van der Waals surface area contributed by atoms with Crippen molar-refractivity contribution in [3.05, 3.63) is 29.8 Å². The Morgan fingerprint density at radius 2 is 1.88 bits per heavy atom. The van der Waals surface area contributed by atoms with E-state index >= 15 is 0 Å². The summed E-state index contributed by atoms with van der Waals surface area (Å²) in [5.74, 6) is 0.0713. The minimum atomic E-state index is -0.759. The fraction of sp³-hybridized carbons (Fsp3) is 0.632. The fourth-order valence-electron chi connectivity index (χ4n) is 3.50. The topological polar surface area (TPSA) is 60.5 Å². The van der Waals surface area contributed by atoms with Crippen molar-refractivity contribution >= 4 is 5.91 Å². The highest BCUT2D eigenvalue weighted by atomic mass is 16.7. The van der Waals surface area contributed by atoms with Gasteiger partial charge in [-0.3, -0.25) is 9.69 Å². The monoisotopic (exact) mass is 364 g/mol. The third-order valence-corrected chi connectivity index (χ3v) is 4.79. The van der Waals surface area contributed by atoms with Gasteiger partial charge in [-0.15, -0.1) is 0 Å². The first-order chi connectivity index (χ1) is 12.6. The van der Waals surface area contributed by atoms with E-state index < -0.39 is 5.79 Å². The minimum absolute atomic E-state index is 0.0234. The molecular formula is C19H28N2O5. The number of rotatable bonds is 5. The summed E-state index contributed by atoms with van der Waals surface area (Å²) in [7, 11) is 3.20. The standard InChI is InChI=1S/C19H28N2O5/c1-23-13-18(22)21-9-11-26-19(15-21)14-20(8-3-10-25-19)12-16-4-6-17(24-2)7-5-16/h4-7H,3,8-15H2,1-2H3. The Labute approximate surface area is 154 Å². The lowest BCUT2D eigenvalue weighted by molar-refractivity contribution is -0.265. The van der Waals surface area contributed by atoms with Crippen molar-refractivity contribution in [3.8, 4) is 5.75 Å². The maximum absolute atomic E-state index is 12.2. The normalized spacial score (nSPS) is 24.5. The second kappa shape index (κ2) is 8.81. The Balaban J connectivity index is 1.66. The van der Waals surface area contributed by atoms with E-state index in [0.29, 0.717) is 32.8 Å². The highest BCUT2D eigenvalue weighted by Crippen LogP contribution is 2.25. The average Bonchev–Trinajstić information content (AvgIpc) is 2.84. The first-order valence-corrected chi connectivity index (χ1v) is 9.04. The summed E-state index contributed by atoms with van der Waals surface area (Å²) in [6.45, 7) is 4.59. The van der Waals surface area contributed by atoms with E-state index in [1.807, 2.05) is 12.1 Å². The van der Waals surface area contributed by atoms with Crippen molar-refractivity contribution in [1.29, 1.82) is 0 Å². The maximum atomic E-state index is 12.2. The van der Waals surface area contributed by atoms with E-state index in [4.69, 9.17) is 18.9 Å². The molecule has 0 aromatic heterocycles. The van der Waals surface area contributed by atoms with Gasteiger partial charge < -0.3 is 23.8 Å². The van der Waals surface area contributed by atoms with E-state index in [2.05, 4.69) is 17.0 Å². The summed E-state index contributed by atoms with van der Waals surface area (Å²) >= 11 is 0. The zero-order chi connectivity index (χ0) is 18.4. The average molecular weight is 364 g/mol. The predicted molar refractivity (Wildman–Crippen MR) is 96.0 cm³/mol. The van der Waals surface area contributed by atoms with E-state index in [1.165, 1.54) is 12.7 Å². The molecule has 0 aliphatic carbocycles. The molecule has 1 atom stereocenters. The van der Waals surface area contributed by atoms with Crippen LogP contribution < -0.4 is 4.74 Å². The molecule has 1 spiro atoms. The maximum Gasteiger partial charge on any atom is 0.248 e. The highest BCUT2D eigenvalue weighted by molar-refractivity contribution is 5.77. The Hall–Kier alpha value is -1.67. The molecule has 0 N–H and O–H groups in total. The number of hydrogen-bond acceptors (Lipinski definition) is 6. The molecule has 1 unspecified atom stereocenters. The predicted octanol–water partition coefficient (Wildman–Crippen LogP) is 1.12. The molecule has 2 fully saturated rings. The van der Waals surface area contributed by atoms with Crippen LogP contribution in [0.3, 0.4) is 0 Å². The summed E-state index contributed by atoms with van der Waals surface area (Å²) in [4.78, 5) is 16.3. The van der Waals surface area contributed by atoms with Gasteiger partial charge in [0.05, 0.1) is 33.4 Å². The molecule has 0 saturated carbocycles. The van der Waals surface area contributed by atoms with Crippen LogP contribution in [0.15, 0.2) is 24.3 Å². The van der Waals surface area contributed by atoms with Gasteiger partial charge in [-0.1, -0.05) is 12.1 Å². The lowest BCUT2D eigenvalue weighted by Gasteiger charge is -2.43. The van der Waals surface area contributed by atoms with Crippen LogP contribution in [0, 0.1) is 0 Å². The van der Waals surface area contributed by atoms with Crippen molar-refractivity contribution in [1.82, 2.24) is 9.80 Å². The number of benzene rings is 1. The van der Waals surface area contributed by atoms with Gasteiger partial charge in [-0.2, -0.15) is 0 Å². The van der Waals surface area contributed by atoms with Crippen LogP contribution in [0.25, 0.3) is 0 Å². The second-order valence-electron chi connectivity index (χ2n) is 6.77. The summed E-state index contributed by atoms with van der Waals surface area (Å²) in [5, 5.41) is 0. The van der Waals surface area contributed by atoms with Crippen LogP contribution >= 0.6 is 0 Å². The quantitative estimate of drug-likeness (QED) is 0.780. The molecule has 2 saturated heterocycles. The molecule has 0 radical (unpaired) electrons. The smallest absolute Gasteiger partial charge is 0.248 e. The van der Waals surface area contributed by atoms with Crippen molar-refractivity contribution < 1.29 is 23.7 Å². The Morgan fingerprint density at radius 3 is 2.62 bits per heavy atom. The lowest BCUT2D eigenvalue weighted by atomic mass is 10.1. The minimum Gasteiger partial charge on any atom is -0.497 e. The van der Waals surface area contributed by atoms with Gasteiger partial charge in [0, 0.05) is 26.7 Å². The van der Waals surface area contributed by atoms with Crippen LogP contribution in [0.4, 0.5) is 0 Å². The van der Waals surface area contributed by atoms with Crippen molar-refractivity contribution in [2.45, 2.75) is 18.8 Å². The van der Waals surface area contributed by atoms with Gasteiger partial charge in [0.2, 0.25) is 5.91 Å². The van der Waals surface area contributed by atoms with Crippen molar-refractivity contribution in [3.63, 3.8) is 0 Å². The number of morpholine rings is 1. The number of amides is 1. The summed E-state index contributed by atoms with van der Waals surface area (Å²) < 4.78 is 22.3. The molecule has 1 aromatic carbocycles. The largest absolute Gasteiger partial charge is 0.497 e. The zero-order valence-electron chi connectivity index (χ0n) is 15.6. The SMILES string of the molecule is COCC(=O)N1CCOC2(CN(Cc3ccc(OC)cc3)CCCO2)C1. The molecular weight excluding hydrogens is 336 g/mol. The molecule has 1 amide bonds. The highest BCUT2D eigenvalue weighted by Gasteiger charge is 2.42. The summed E-state index contributed by atoms with van der Waals surface area (Å²) in [6, 6.07) is 8.10. The number of hydrogen-bond donors (Lipinski definition) is 0. The first kappa shape index (κ1) is 19.1. The summed E-state index contributed by atoms with van der Waals surface area (Å²) in [5.41, 5.74) is 1.21. The van der Waals surface area contributed by atoms with Crippen LogP contribution in [0.1, 0.15) is 12.0 Å². The van der Waals surface area contributed by atoms with Crippen LogP contribution in [0.2, 0.25) is 0 Å². The van der Waals surface area contributed by atoms with E-state index in [9.17, 15) is 4.79 Å². The molecule has 2 aliphatic heterocycles. The Bertz CT molecular complexity index is 594. The van der Waals surface area contributed by atoms with Crippen LogP contribution in [-0.2, 0) is 25.5 Å². The molecule has 3 rings (SSSR count). The molecule has 7 nitrogen and oxygen atoms in total. The zero-order valence-corrected chi connectivity index (χ0v) is 15.6. The van der Waals surface area contributed by atoms with Gasteiger partial charge in [0.25, 0.3) is 0 Å². The number of nitrogens with zero attached hydrogens (tertiary/aromatic N) is 2. The van der Waals surface area contributed by atoms with Gasteiger partial charge in [0.1, 0.15) is 12.4 Å². The molecule has 1 aromatic rings. The number of ether oxygens (including phenoxy) is 4. The van der Waals surface area contributed by atoms with Crippen LogP contribution in [-0.4, -0.2) is 81.7 Å². The Morgan fingerprint density at radius 1 is 1.12 bits per heavy atom. The van der Waals surface area contributed by atoms with E-state index in [-0.39, 0.29) is 12.5 Å². The number of carbonyl (C=O) groups is 1. The molecule has 144 valence electrons. The fourth-order valence-corrected chi connectivity index (χ4v) is 3.50. The molecule has 26 heavy (non-hydrogen) atoms. The summed E-state index contributed by atoms with van der Waals surface area (Å²) in [6.07, 6.45) is 0.938. The molecule has 7 heteroatoms. The number of carbonyl (C=O) groups excluding carboxylic acids is 1. The van der Waals surface area contributed by atoms with Gasteiger partial charge in [0.15, 0.2) is 5.79 Å². The van der Waals surface area contributed by atoms with Crippen molar-refractivity contribution in [2.75, 3.05) is 60.2 Å². The lowest BCUT2D eigenvalue weighted by Crippen LogP contribution is -2.59. The van der Waals surface area contributed by atoms with E-state index in [0.717, 1.165) is 25.3 Å².